The number of nitrogen functional groups attached to an aromatic ring is 1. The molecule has 0 saturated heterocycles. The zero-order chi connectivity index (χ0) is 12.3. The summed E-state index contributed by atoms with van der Waals surface area (Å²) in [5.74, 6) is 0. The van der Waals surface area contributed by atoms with Crippen LogP contribution >= 0.6 is 11.8 Å². The molecule has 0 atom stereocenters. The normalized spacial score (nSPS) is 9.88. The fourth-order valence-electron chi connectivity index (χ4n) is 1.51. The van der Waals surface area contributed by atoms with Gasteiger partial charge >= 0.3 is 0 Å². The van der Waals surface area contributed by atoms with E-state index in [2.05, 4.69) is 6.07 Å². The van der Waals surface area contributed by atoms with Crippen LogP contribution in [0.4, 0.5) is 5.69 Å². The van der Waals surface area contributed by atoms with Crippen LogP contribution in [0.25, 0.3) is 0 Å². The molecule has 2 rings (SSSR count). The lowest BCUT2D eigenvalue weighted by Crippen LogP contribution is -1.87. The minimum absolute atomic E-state index is 0.684. The predicted octanol–water partition coefficient (Wildman–Crippen LogP) is 3.60. The molecule has 0 aliphatic heterocycles. The maximum Gasteiger partial charge on any atom is 0.0991 e. The third kappa shape index (κ3) is 2.80. The molecular weight excluding hydrogens is 228 g/mol. The minimum Gasteiger partial charge on any atom is -0.399 e. The first-order chi connectivity index (χ1) is 8.19. The number of benzene rings is 2. The molecule has 0 radical (unpaired) electrons. The van der Waals surface area contributed by atoms with E-state index >= 15 is 0 Å². The van der Waals surface area contributed by atoms with Crippen LogP contribution in [-0.2, 0) is 0 Å². The van der Waals surface area contributed by atoms with Crippen molar-refractivity contribution in [1.82, 2.24) is 0 Å². The third-order valence-electron chi connectivity index (χ3n) is 2.41. The summed E-state index contributed by atoms with van der Waals surface area (Å²) in [5, 5.41) is 8.72. The lowest BCUT2D eigenvalue weighted by atomic mass is 10.2. The lowest BCUT2D eigenvalue weighted by Gasteiger charge is -2.06. The van der Waals surface area contributed by atoms with E-state index in [1.54, 1.807) is 11.8 Å². The molecule has 0 bridgehead atoms. The fourth-order valence-corrected chi connectivity index (χ4v) is 2.39. The van der Waals surface area contributed by atoms with Crippen molar-refractivity contribution >= 4 is 17.4 Å². The molecule has 2 nitrogen and oxygen atoms in total. The van der Waals surface area contributed by atoms with Crippen molar-refractivity contribution in [3.63, 3.8) is 0 Å². The van der Waals surface area contributed by atoms with Crippen LogP contribution in [-0.4, -0.2) is 0 Å². The summed E-state index contributed by atoms with van der Waals surface area (Å²) >= 11 is 1.68. The summed E-state index contributed by atoms with van der Waals surface area (Å²) in [6.45, 7) is 2.04. The van der Waals surface area contributed by atoms with Gasteiger partial charge in [-0.25, -0.2) is 0 Å². The van der Waals surface area contributed by atoms with E-state index in [1.807, 2.05) is 49.4 Å². The molecule has 2 aromatic carbocycles. The topological polar surface area (TPSA) is 49.8 Å². The zero-order valence-corrected chi connectivity index (χ0v) is 10.3. The molecule has 0 aliphatic carbocycles. The molecule has 0 heterocycles. The smallest absolute Gasteiger partial charge is 0.0991 e. The number of nitriles is 1. The molecular formula is C14H12N2S. The van der Waals surface area contributed by atoms with Gasteiger partial charge in [0.25, 0.3) is 0 Å². The van der Waals surface area contributed by atoms with Crippen LogP contribution in [0, 0.1) is 18.3 Å². The lowest BCUT2D eigenvalue weighted by molar-refractivity contribution is 1.29. The van der Waals surface area contributed by atoms with Gasteiger partial charge in [-0.3, -0.25) is 0 Å². The van der Waals surface area contributed by atoms with Crippen molar-refractivity contribution in [1.29, 1.82) is 5.26 Å². The van der Waals surface area contributed by atoms with Crippen LogP contribution in [0.5, 0.6) is 0 Å². The van der Waals surface area contributed by atoms with Crippen LogP contribution in [0.3, 0.4) is 0 Å². The van der Waals surface area contributed by atoms with Gasteiger partial charge in [0.1, 0.15) is 0 Å². The Balaban J connectivity index is 2.23. The summed E-state index contributed by atoms with van der Waals surface area (Å²) in [6.07, 6.45) is 0. The van der Waals surface area contributed by atoms with Crippen LogP contribution in [0.1, 0.15) is 11.1 Å². The number of nitrogens with zero attached hydrogens (tertiary/aromatic N) is 1. The first-order valence-electron chi connectivity index (χ1n) is 5.23. The minimum atomic E-state index is 0.684. The second kappa shape index (κ2) is 4.94. The molecule has 0 saturated carbocycles. The maximum absolute atomic E-state index is 8.72. The first kappa shape index (κ1) is 11.6. The van der Waals surface area contributed by atoms with Crippen molar-refractivity contribution in [3.05, 3.63) is 53.6 Å². The van der Waals surface area contributed by atoms with E-state index in [0.717, 1.165) is 10.6 Å². The standard InChI is InChI=1S/C14H12N2S/c1-10-8-12(16)4-7-14(10)17-13-5-2-11(9-15)3-6-13/h2-8H,16H2,1H3. The van der Waals surface area contributed by atoms with Gasteiger partial charge in [0.15, 0.2) is 0 Å². The molecule has 3 heteroatoms. The largest absolute Gasteiger partial charge is 0.399 e. The molecule has 17 heavy (non-hydrogen) atoms. The van der Waals surface area contributed by atoms with Gasteiger partial charge in [-0.15, -0.1) is 0 Å². The summed E-state index contributed by atoms with van der Waals surface area (Å²) < 4.78 is 0. The second-order valence-electron chi connectivity index (χ2n) is 3.76. The van der Waals surface area contributed by atoms with Crippen molar-refractivity contribution in [2.75, 3.05) is 5.73 Å². The van der Waals surface area contributed by atoms with Crippen molar-refractivity contribution in [2.24, 2.45) is 0 Å². The SMILES string of the molecule is Cc1cc(N)ccc1Sc1ccc(C#N)cc1. The van der Waals surface area contributed by atoms with Crippen LogP contribution in [0.15, 0.2) is 52.3 Å². The van der Waals surface area contributed by atoms with Gasteiger partial charge in [0, 0.05) is 15.5 Å². The Morgan fingerprint density at radius 3 is 2.41 bits per heavy atom. The van der Waals surface area contributed by atoms with Gasteiger partial charge in [-0.1, -0.05) is 11.8 Å². The Kier molecular flexibility index (Phi) is 3.36. The average Bonchev–Trinajstić information content (AvgIpc) is 2.34. The molecule has 2 N–H and O–H groups in total. The highest BCUT2D eigenvalue weighted by atomic mass is 32.2. The molecule has 0 unspecified atom stereocenters. The molecule has 2 aromatic rings. The quantitative estimate of drug-likeness (QED) is 0.816. The van der Waals surface area contributed by atoms with E-state index in [9.17, 15) is 0 Å². The third-order valence-corrected chi connectivity index (χ3v) is 3.60. The maximum atomic E-state index is 8.72. The number of hydrogen-bond acceptors (Lipinski definition) is 3. The number of aryl methyl sites for hydroxylation is 1. The molecule has 0 amide bonds. The highest BCUT2D eigenvalue weighted by Gasteiger charge is 2.01. The highest BCUT2D eigenvalue weighted by Crippen LogP contribution is 2.31. The van der Waals surface area contributed by atoms with E-state index in [4.69, 9.17) is 11.0 Å². The van der Waals surface area contributed by atoms with Crippen molar-refractivity contribution in [3.8, 4) is 6.07 Å². The molecule has 0 aliphatic rings. The summed E-state index contributed by atoms with van der Waals surface area (Å²) in [5.41, 5.74) is 8.35. The molecule has 84 valence electrons. The Morgan fingerprint density at radius 2 is 1.82 bits per heavy atom. The summed E-state index contributed by atoms with van der Waals surface area (Å²) in [4.78, 5) is 2.31. The number of hydrogen-bond donors (Lipinski definition) is 1. The van der Waals surface area contributed by atoms with Crippen LogP contribution < -0.4 is 5.73 Å². The predicted molar refractivity (Wildman–Crippen MR) is 70.9 cm³/mol. The van der Waals surface area contributed by atoms with Crippen LogP contribution in [0.2, 0.25) is 0 Å². The van der Waals surface area contributed by atoms with E-state index in [1.165, 1.54) is 10.5 Å². The summed E-state index contributed by atoms with van der Waals surface area (Å²) in [6, 6.07) is 15.6. The zero-order valence-electron chi connectivity index (χ0n) is 9.47. The Bertz CT molecular complexity index is 568. The van der Waals surface area contributed by atoms with Crippen molar-refractivity contribution < 1.29 is 0 Å². The van der Waals surface area contributed by atoms with E-state index in [-0.39, 0.29) is 0 Å². The van der Waals surface area contributed by atoms with Gasteiger partial charge < -0.3 is 5.73 Å². The second-order valence-corrected chi connectivity index (χ2v) is 4.88. The van der Waals surface area contributed by atoms with E-state index in [0.29, 0.717) is 5.56 Å². The monoisotopic (exact) mass is 240 g/mol. The number of nitrogens with two attached hydrogens (primary N) is 1. The van der Waals surface area contributed by atoms with Gasteiger partial charge in [-0.2, -0.15) is 5.26 Å². The molecule has 0 spiro atoms. The first-order valence-corrected chi connectivity index (χ1v) is 6.05. The Morgan fingerprint density at radius 1 is 1.12 bits per heavy atom. The fraction of sp³-hybridized carbons (Fsp3) is 0.0714. The number of anilines is 1. The summed E-state index contributed by atoms with van der Waals surface area (Å²) in [7, 11) is 0. The van der Waals surface area contributed by atoms with Gasteiger partial charge in [-0.05, 0) is 55.0 Å². The van der Waals surface area contributed by atoms with Crippen molar-refractivity contribution in [2.45, 2.75) is 16.7 Å². The number of rotatable bonds is 2. The Hall–Kier alpha value is -1.92. The van der Waals surface area contributed by atoms with Gasteiger partial charge in [0.2, 0.25) is 0 Å². The van der Waals surface area contributed by atoms with Gasteiger partial charge in [0.05, 0.1) is 11.6 Å². The molecule has 0 aromatic heterocycles. The Labute approximate surface area is 105 Å². The average molecular weight is 240 g/mol. The highest BCUT2D eigenvalue weighted by molar-refractivity contribution is 7.99. The molecule has 0 fully saturated rings. The van der Waals surface area contributed by atoms with E-state index < -0.39 is 0 Å².